The molecule has 0 atom stereocenters. The Labute approximate surface area is 106 Å². The molecule has 1 amide bonds. The van der Waals surface area contributed by atoms with Crippen molar-refractivity contribution < 1.29 is 9.59 Å². The predicted octanol–water partition coefficient (Wildman–Crippen LogP) is 2.74. The fourth-order valence-electron chi connectivity index (χ4n) is 1.89. The number of likely N-dealkylation sites (N-methyl/N-ethyl adjacent to an activating group) is 1. The lowest BCUT2D eigenvalue weighted by Crippen LogP contribution is -2.36. The van der Waals surface area contributed by atoms with Crippen molar-refractivity contribution in [2.24, 2.45) is 0 Å². The van der Waals surface area contributed by atoms with Crippen LogP contribution in [0, 0.1) is 0 Å². The number of nitrogens with zero attached hydrogens (tertiary/aromatic N) is 1. The number of carbonyl (C=O) groups excluding carboxylic acids is 2. The Morgan fingerprint density at radius 1 is 1.17 bits per heavy atom. The van der Waals surface area contributed by atoms with Gasteiger partial charge in [-0.2, -0.15) is 0 Å². The molecule has 0 unspecified atom stereocenters. The topological polar surface area (TPSA) is 37.4 Å². The highest BCUT2D eigenvalue weighted by molar-refractivity contribution is 6.34. The summed E-state index contributed by atoms with van der Waals surface area (Å²) in [4.78, 5) is 25.9. The molecule has 0 aromatic heterocycles. The molecule has 1 aromatic carbocycles. The molecule has 1 aliphatic rings. The fraction of sp³-hybridized carbons (Fsp3) is 0.200. The highest BCUT2D eigenvalue weighted by Crippen LogP contribution is 2.28. The molecule has 0 radical (unpaired) electrons. The minimum Gasteiger partial charge on any atom is -0.311 e. The van der Waals surface area contributed by atoms with E-state index >= 15 is 0 Å². The zero-order valence-electron chi connectivity index (χ0n) is 10.7. The summed E-state index contributed by atoms with van der Waals surface area (Å²) in [7, 11) is 1.68. The van der Waals surface area contributed by atoms with E-state index in [0.29, 0.717) is 11.3 Å². The fourth-order valence-corrected chi connectivity index (χ4v) is 1.89. The maximum atomic E-state index is 12.2. The number of rotatable bonds is 1. The molecule has 18 heavy (non-hydrogen) atoms. The van der Waals surface area contributed by atoms with Crippen LogP contribution in [0.2, 0.25) is 0 Å². The Morgan fingerprint density at radius 2 is 1.83 bits per heavy atom. The van der Waals surface area contributed by atoms with Gasteiger partial charge in [0, 0.05) is 12.6 Å². The summed E-state index contributed by atoms with van der Waals surface area (Å²) in [5.41, 5.74) is 2.51. The summed E-state index contributed by atoms with van der Waals surface area (Å²) in [6.07, 6.45) is 3.39. The van der Waals surface area contributed by atoms with Crippen LogP contribution in [0.25, 0.3) is 0 Å². The number of carbonyl (C=O) groups is 2. The van der Waals surface area contributed by atoms with Gasteiger partial charge in [-0.3, -0.25) is 9.59 Å². The number of fused-ring (bicyclic) bond motifs is 1. The van der Waals surface area contributed by atoms with Crippen LogP contribution >= 0.6 is 0 Å². The maximum Gasteiger partial charge on any atom is 0.262 e. The van der Waals surface area contributed by atoms with Crippen molar-refractivity contribution >= 4 is 17.4 Å². The normalized spacial score (nSPS) is 16.8. The molecule has 92 valence electrons. The van der Waals surface area contributed by atoms with Crippen LogP contribution in [0.3, 0.4) is 0 Å². The summed E-state index contributed by atoms with van der Waals surface area (Å²) in [6, 6.07) is 7.15. The van der Waals surface area contributed by atoms with Crippen LogP contribution < -0.4 is 4.90 Å². The average molecular weight is 241 g/mol. The van der Waals surface area contributed by atoms with E-state index in [2.05, 4.69) is 0 Å². The number of benzene rings is 1. The molecule has 0 saturated carbocycles. The summed E-state index contributed by atoms with van der Waals surface area (Å²) < 4.78 is 0. The Kier molecular flexibility index (Phi) is 3.15. The third-order valence-electron chi connectivity index (χ3n) is 2.87. The first kappa shape index (κ1) is 12.3. The van der Waals surface area contributed by atoms with Gasteiger partial charge in [-0.15, -0.1) is 0 Å². The van der Waals surface area contributed by atoms with Gasteiger partial charge in [-0.25, -0.2) is 0 Å². The number of para-hydroxylation sites is 1. The Balaban J connectivity index is 2.56. The minimum atomic E-state index is -0.254. The van der Waals surface area contributed by atoms with Crippen molar-refractivity contribution in [1.29, 1.82) is 0 Å². The van der Waals surface area contributed by atoms with Crippen molar-refractivity contribution in [2.75, 3.05) is 11.9 Å². The molecule has 3 nitrogen and oxygen atoms in total. The van der Waals surface area contributed by atoms with Crippen LogP contribution in [0.5, 0.6) is 0 Å². The molecular weight excluding hydrogens is 226 g/mol. The van der Waals surface area contributed by atoms with Gasteiger partial charge in [-0.05, 0) is 32.1 Å². The maximum absolute atomic E-state index is 12.2. The standard InChI is InChI=1S/C15H15NO2/c1-10(2)8-9-12-14(17)11-6-4-5-7-13(11)16(3)15(12)18/h4-9H,1-3H3/b12-9+. The number of hydrogen-bond acceptors (Lipinski definition) is 2. The largest absolute Gasteiger partial charge is 0.311 e. The highest BCUT2D eigenvalue weighted by atomic mass is 16.2. The average Bonchev–Trinajstić information content (AvgIpc) is 2.36. The number of allylic oxidation sites excluding steroid dienone is 3. The van der Waals surface area contributed by atoms with Gasteiger partial charge >= 0.3 is 0 Å². The number of Topliss-reactive ketones (excluding diaryl/α,β-unsaturated/α-hetero) is 1. The molecular formula is C15H15NO2. The zero-order chi connectivity index (χ0) is 13.3. The van der Waals surface area contributed by atoms with Gasteiger partial charge in [0.25, 0.3) is 5.91 Å². The molecule has 2 rings (SSSR count). The van der Waals surface area contributed by atoms with E-state index in [4.69, 9.17) is 0 Å². The summed E-state index contributed by atoms with van der Waals surface area (Å²) in [5, 5.41) is 0. The molecule has 0 spiro atoms. The Bertz CT molecular complexity index is 578. The van der Waals surface area contributed by atoms with E-state index in [9.17, 15) is 9.59 Å². The molecule has 0 saturated heterocycles. The number of amides is 1. The van der Waals surface area contributed by atoms with Crippen LogP contribution in [0.4, 0.5) is 5.69 Å². The first-order valence-electron chi connectivity index (χ1n) is 5.79. The van der Waals surface area contributed by atoms with E-state index in [1.165, 1.54) is 4.90 Å². The van der Waals surface area contributed by atoms with Gasteiger partial charge in [-0.1, -0.05) is 23.8 Å². The van der Waals surface area contributed by atoms with Crippen molar-refractivity contribution in [3.05, 3.63) is 53.1 Å². The van der Waals surface area contributed by atoms with Crippen molar-refractivity contribution in [2.45, 2.75) is 13.8 Å². The van der Waals surface area contributed by atoms with Crippen LogP contribution in [-0.4, -0.2) is 18.7 Å². The minimum absolute atomic E-state index is 0.203. The highest BCUT2D eigenvalue weighted by Gasteiger charge is 2.31. The lowest BCUT2D eigenvalue weighted by Gasteiger charge is -2.26. The molecule has 0 aliphatic carbocycles. The van der Waals surface area contributed by atoms with Gasteiger partial charge in [0.2, 0.25) is 5.78 Å². The first-order chi connectivity index (χ1) is 8.52. The molecule has 1 aromatic rings. The van der Waals surface area contributed by atoms with Gasteiger partial charge in [0.15, 0.2) is 0 Å². The lowest BCUT2D eigenvalue weighted by atomic mass is 9.95. The van der Waals surface area contributed by atoms with E-state index in [-0.39, 0.29) is 17.3 Å². The van der Waals surface area contributed by atoms with Crippen LogP contribution in [0.15, 0.2) is 47.6 Å². The van der Waals surface area contributed by atoms with Crippen molar-refractivity contribution in [3.63, 3.8) is 0 Å². The molecule has 0 N–H and O–H groups in total. The van der Waals surface area contributed by atoms with Gasteiger partial charge in [0.1, 0.15) is 0 Å². The van der Waals surface area contributed by atoms with Crippen LogP contribution in [-0.2, 0) is 4.79 Å². The van der Waals surface area contributed by atoms with E-state index < -0.39 is 0 Å². The second-order valence-electron chi connectivity index (χ2n) is 4.53. The number of anilines is 1. The number of ketones is 1. The second-order valence-corrected chi connectivity index (χ2v) is 4.53. The third-order valence-corrected chi connectivity index (χ3v) is 2.87. The first-order valence-corrected chi connectivity index (χ1v) is 5.79. The monoisotopic (exact) mass is 241 g/mol. The van der Waals surface area contributed by atoms with Crippen molar-refractivity contribution in [3.8, 4) is 0 Å². The quantitative estimate of drug-likeness (QED) is 0.560. The zero-order valence-corrected chi connectivity index (χ0v) is 10.7. The van der Waals surface area contributed by atoms with Gasteiger partial charge in [0.05, 0.1) is 11.3 Å². The molecule has 3 heteroatoms. The number of hydrogen-bond donors (Lipinski definition) is 0. The van der Waals surface area contributed by atoms with E-state index in [1.807, 2.05) is 19.9 Å². The lowest BCUT2D eigenvalue weighted by molar-refractivity contribution is -0.114. The Hall–Kier alpha value is -2.16. The Morgan fingerprint density at radius 3 is 2.50 bits per heavy atom. The van der Waals surface area contributed by atoms with E-state index in [0.717, 1.165) is 5.57 Å². The second kappa shape index (κ2) is 4.61. The van der Waals surface area contributed by atoms with Crippen LogP contribution in [0.1, 0.15) is 24.2 Å². The van der Waals surface area contributed by atoms with Crippen molar-refractivity contribution in [1.82, 2.24) is 0 Å². The molecule has 1 aliphatic heterocycles. The summed E-state index contributed by atoms with van der Waals surface area (Å²) in [5.74, 6) is -0.456. The van der Waals surface area contributed by atoms with Gasteiger partial charge < -0.3 is 4.90 Å². The molecule has 0 bridgehead atoms. The molecule has 1 heterocycles. The summed E-state index contributed by atoms with van der Waals surface area (Å²) in [6.45, 7) is 3.85. The smallest absolute Gasteiger partial charge is 0.262 e. The van der Waals surface area contributed by atoms with E-state index in [1.54, 1.807) is 37.4 Å². The summed E-state index contributed by atoms with van der Waals surface area (Å²) >= 11 is 0. The predicted molar refractivity (Wildman–Crippen MR) is 71.7 cm³/mol. The SMILES string of the molecule is CC(C)=C/C=C1\C(=O)c2ccccc2N(C)C1=O. The molecule has 0 fully saturated rings. The third kappa shape index (κ3) is 1.99.